The molecule has 0 aromatic heterocycles. The van der Waals surface area contributed by atoms with Crippen LogP contribution in [0.3, 0.4) is 0 Å². The second kappa shape index (κ2) is 8.17. The third-order valence-corrected chi connectivity index (χ3v) is 2.37. The molecule has 0 aliphatic heterocycles. The molecule has 0 atom stereocenters. The molecule has 0 spiro atoms. The highest BCUT2D eigenvalue weighted by Gasteiger charge is 2.01. The molecule has 5 heteroatoms. The first kappa shape index (κ1) is 14.1. The van der Waals surface area contributed by atoms with Gasteiger partial charge < -0.3 is 19.9 Å². The molecule has 0 amide bonds. The van der Waals surface area contributed by atoms with Crippen LogP contribution in [0.25, 0.3) is 0 Å². The molecule has 0 aliphatic rings. The largest absolute Gasteiger partial charge is 0.490 e. The smallest absolute Gasteiger partial charge is 0.138 e. The number of hydrogen-bond acceptors (Lipinski definition) is 4. The highest BCUT2D eigenvalue weighted by molar-refractivity contribution is 6.32. The third-order valence-electron chi connectivity index (χ3n) is 2.08. The Morgan fingerprint density at radius 1 is 1.18 bits per heavy atom. The monoisotopic (exact) mass is 259 g/mol. The van der Waals surface area contributed by atoms with Crippen molar-refractivity contribution in [1.82, 2.24) is 0 Å². The first-order valence-electron chi connectivity index (χ1n) is 5.48. The van der Waals surface area contributed by atoms with E-state index in [1.54, 1.807) is 25.3 Å². The lowest BCUT2D eigenvalue weighted by molar-refractivity contribution is 0.0807. The molecule has 2 N–H and O–H groups in total. The van der Waals surface area contributed by atoms with E-state index in [0.29, 0.717) is 42.9 Å². The number of nitrogens with two attached hydrogens (primary N) is 1. The SMILES string of the molecule is COCCCOCCOc1ccc(N)cc1Cl. The maximum atomic E-state index is 5.95. The minimum Gasteiger partial charge on any atom is -0.490 e. The van der Waals surface area contributed by atoms with Crippen LogP contribution < -0.4 is 10.5 Å². The van der Waals surface area contributed by atoms with E-state index in [1.165, 1.54) is 0 Å². The van der Waals surface area contributed by atoms with E-state index in [1.807, 2.05) is 0 Å². The Labute approximate surface area is 107 Å². The topological polar surface area (TPSA) is 53.7 Å². The lowest BCUT2D eigenvalue weighted by Crippen LogP contribution is -2.08. The van der Waals surface area contributed by atoms with Crippen LogP contribution in [0.5, 0.6) is 5.75 Å². The van der Waals surface area contributed by atoms with Crippen molar-refractivity contribution in [1.29, 1.82) is 0 Å². The predicted octanol–water partition coefficient (Wildman–Crippen LogP) is 2.35. The average Bonchev–Trinajstić information content (AvgIpc) is 2.30. The van der Waals surface area contributed by atoms with Crippen molar-refractivity contribution in [3.8, 4) is 5.75 Å². The van der Waals surface area contributed by atoms with Gasteiger partial charge in [-0.05, 0) is 24.6 Å². The van der Waals surface area contributed by atoms with Gasteiger partial charge >= 0.3 is 0 Å². The fourth-order valence-electron chi connectivity index (χ4n) is 1.25. The molecule has 0 heterocycles. The second-order valence-corrected chi connectivity index (χ2v) is 3.90. The summed E-state index contributed by atoms with van der Waals surface area (Å²) >= 11 is 5.95. The minimum atomic E-state index is 0.469. The van der Waals surface area contributed by atoms with Crippen LogP contribution in [0.4, 0.5) is 5.69 Å². The highest BCUT2D eigenvalue weighted by atomic mass is 35.5. The third kappa shape index (κ3) is 5.77. The van der Waals surface area contributed by atoms with Crippen molar-refractivity contribution in [2.45, 2.75) is 6.42 Å². The van der Waals surface area contributed by atoms with Crippen molar-refractivity contribution in [3.05, 3.63) is 23.2 Å². The fourth-order valence-corrected chi connectivity index (χ4v) is 1.50. The zero-order valence-electron chi connectivity index (χ0n) is 9.95. The van der Waals surface area contributed by atoms with Gasteiger partial charge in [0.15, 0.2) is 0 Å². The summed E-state index contributed by atoms with van der Waals surface area (Å²) in [6.07, 6.45) is 0.888. The summed E-state index contributed by atoms with van der Waals surface area (Å²) in [7, 11) is 1.67. The van der Waals surface area contributed by atoms with E-state index in [4.69, 9.17) is 31.5 Å². The predicted molar refractivity (Wildman–Crippen MR) is 68.7 cm³/mol. The van der Waals surface area contributed by atoms with E-state index >= 15 is 0 Å². The van der Waals surface area contributed by atoms with Crippen molar-refractivity contribution < 1.29 is 14.2 Å². The number of benzene rings is 1. The standard InChI is InChI=1S/C12H18ClNO3/c1-15-5-2-6-16-7-8-17-12-4-3-10(14)9-11(12)13/h3-4,9H,2,5-8,14H2,1H3. The summed E-state index contributed by atoms with van der Waals surface area (Å²) in [6.45, 7) is 2.39. The van der Waals surface area contributed by atoms with Gasteiger partial charge in [-0.1, -0.05) is 11.6 Å². The van der Waals surface area contributed by atoms with E-state index in [-0.39, 0.29) is 0 Å². The van der Waals surface area contributed by atoms with E-state index in [0.717, 1.165) is 6.42 Å². The Morgan fingerprint density at radius 2 is 2.00 bits per heavy atom. The van der Waals surface area contributed by atoms with E-state index in [9.17, 15) is 0 Å². The lowest BCUT2D eigenvalue weighted by Gasteiger charge is -2.08. The maximum absolute atomic E-state index is 5.95. The molecule has 0 bridgehead atoms. The maximum Gasteiger partial charge on any atom is 0.138 e. The number of ether oxygens (including phenoxy) is 3. The quantitative estimate of drug-likeness (QED) is 0.575. The van der Waals surface area contributed by atoms with Crippen LogP contribution >= 0.6 is 11.6 Å². The molecule has 0 aliphatic carbocycles. The normalized spacial score (nSPS) is 10.5. The van der Waals surface area contributed by atoms with Gasteiger partial charge in [0, 0.05) is 26.0 Å². The van der Waals surface area contributed by atoms with E-state index < -0.39 is 0 Å². The summed E-state index contributed by atoms with van der Waals surface area (Å²) in [6, 6.07) is 5.17. The molecule has 96 valence electrons. The number of methoxy groups -OCH3 is 1. The van der Waals surface area contributed by atoms with Crippen LogP contribution in [0, 0.1) is 0 Å². The van der Waals surface area contributed by atoms with Gasteiger partial charge in [0.1, 0.15) is 12.4 Å². The van der Waals surface area contributed by atoms with E-state index in [2.05, 4.69) is 0 Å². The van der Waals surface area contributed by atoms with Crippen molar-refractivity contribution in [2.75, 3.05) is 39.3 Å². The molecule has 4 nitrogen and oxygen atoms in total. The summed E-state index contributed by atoms with van der Waals surface area (Å²) in [4.78, 5) is 0. The molecular weight excluding hydrogens is 242 g/mol. The minimum absolute atomic E-state index is 0.469. The molecule has 0 saturated heterocycles. The van der Waals surface area contributed by atoms with Crippen LogP contribution in [0.1, 0.15) is 6.42 Å². The average molecular weight is 260 g/mol. The van der Waals surface area contributed by atoms with Crippen molar-refractivity contribution in [2.24, 2.45) is 0 Å². The van der Waals surface area contributed by atoms with Gasteiger partial charge in [-0.2, -0.15) is 0 Å². The summed E-state index contributed by atoms with van der Waals surface area (Å²) in [5.74, 6) is 0.626. The first-order chi connectivity index (χ1) is 8.24. The summed E-state index contributed by atoms with van der Waals surface area (Å²) < 4.78 is 15.7. The molecule has 1 aromatic carbocycles. The molecule has 0 radical (unpaired) electrons. The molecule has 1 aromatic rings. The summed E-state index contributed by atoms with van der Waals surface area (Å²) in [5.41, 5.74) is 6.20. The molecule has 1 rings (SSSR count). The van der Waals surface area contributed by atoms with Crippen LogP contribution in [-0.2, 0) is 9.47 Å². The van der Waals surface area contributed by atoms with Gasteiger partial charge in [-0.25, -0.2) is 0 Å². The van der Waals surface area contributed by atoms with Crippen LogP contribution in [0.15, 0.2) is 18.2 Å². The zero-order valence-corrected chi connectivity index (χ0v) is 10.7. The Morgan fingerprint density at radius 3 is 2.71 bits per heavy atom. The van der Waals surface area contributed by atoms with Crippen molar-refractivity contribution >= 4 is 17.3 Å². The van der Waals surface area contributed by atoms with Gasteiger partial charge in [0.05, 0.1) is 11.6 Å². The molecule has 0 fully saturated rings. The Bertz CT molecular complexity index is 334. The van der Waals surface area contributed by atoms with Gasteiger partial charge in [0.2, 0.25) is 0 Å². The van der Waals surface area contributed by atoms with Crippen molar-refractivity contribution in [3.63, 3.8) is 0 Å². The zero-order chi connectivity index (χ0) is 12.5. The van der Waals surface area contributed by atoms with Crippen LogP contribution in [0.2, 0.25) is 5.02 Å². The number of nitrogen functional groups attached to an aromatic ring is 1. The first-order valence-corrected chi connectivity index (χ1v) is 5.86. The summed E-state index contributed by atoms with van der Waals surface area (Å²) in [5, 5.41) is 0.518. The Balaban J connectivity index is 2.14. The van der Waals surface area contributed by atoms with Gasteiger partial charge in [-0.15, -0.1) is 0 Å². The second-order valence-electron chi connectivity index (χ2n) is 3.50. The number of anilines is 1. The Hall–Kier alpha value is -0.970. The van der Waals surface area contributed by atoms with Gasteiger partial charge in [0.25, 0.3) is 0 Å². The number of halogens is 1. The molecule has 17 heavy (non-hydrogen) atoms. The molecule has 0 saturated carbocycles. The molecular formula is C12H18ClNO3. The highest BCUT2D eigenvalue weighted by Crippen LogP contribution is 2.26. The van der Waals surface area contributed by atoms with Crippen LogP contribution in [-0.4, -0.2) is 33.5 Å². The number of hydrogen-bond donors (Lipinski definition) is 1. The fraction of sp³-hybridized carbons (Fsp3) is 0.500. The Kier molecular flexibility index (Phi) is 6.77. The molecule has 0 unspecified atom stereocenters. The number of rotatable bonds is 8. The van der Waals surface area contributed by atoms with Gasteiger partial charge in [-0.3, -0.25) is 0 Å². The lowest BCUT2D eigenvalue weighted by atomic mass is 10.3.